The number of aryl methyl sites for hydroxylation is 1. The van der Waals surface area contributed by atoms with Gasteiger partial charge >= 0.3 is 5.69 Å². The lowest BCUT2D eigenvalue weighted by Crippen LogP contribution is -2.38. The summed E-state index contributed by atoms with van der Waals surface area (Å²) in [5.74, 6) is 0. The van der Waals surface area contributed by atoms with Crippen molar-refractivity contribution < 1.29 is 0 Å². The van der Waals surface area contributed by atoms with Gasteiger partial charge in [-0.05, 0) is 31.5 Å². The fourth-order valence-electron chi connectivity index (χ4n) is 3.29. The highest BCUT2D eigenvalue weighted by molar-refractivity contribution is 5.11. The van der Waals surface area contributed by atoms with Crippen molar-refractivity contribution in [2.75, 3.05) is 6.54 Å². The van der Waals surface area contributed by atoms with Crippen LogP contribution in [0, 0.1) is 0 Å². The molecule has 0 radical (unpaired) electrons. The van der Waals surface area contributed by atoms with E-state index in [1.807, 2.05) is 12.1 Å². The van der Waals surface area contributed by atoms with Crippen molar-refractivity contribution in [3.05, 3.63) is 56.6 Å². The van der Waals surface area contributed by atoms with Gasteiger partial charge in [0.1, 0.15) is 0 Å². The molecule has 1 unspecified atom stereocenters. The van der Waals surface area contributed by atoms with E-state index in [0.717, 1.165) is 30.8 Å². The Morgan fingerprint density at radius 1 is 1.19 bits per heavy atom. The van der Waals surface area contributed by atoms with Crippen molar-refractivity contribution in [3.63, 3.8) is 0 Å². The molecule has 7 nitrogen and oxygen atoms in total. The molecule has 140 valence electrons. The Kier molecular flexibility index (Phi) is 5.09. The van der Waals surface area contributed by atoms with Crippen LogP contribution in [-0.4, -0.2) is 36.8 Å². The highest BCUT2D eigenvalue weighted by Crippen LogP contribution is 2.21. The minimum Gasteiger partial charge on any atom is -0.302 e. The highest BCUT2D eigenvalue weighted by atomic mass is 16.1. The molecule has 0 aliphatic carbocycles. The second-order valence-corrected chi connectivity index (χ2v) is 8.07. The zero-order chi connectivity index (χ0) is 18.9. The van der Waals surface area contributed by atoms with Crippen LogP contribution in [0.25, 0.3) is 0 Å². The first-order valence-corrected chi connectivity index (χ1v) is 9.09. The monoisotopic (exact) mass is 357 g/mol. The molecule has 2 aromatic heterocycles. The fraction of sp³-hybridized carbons (Fsp3) is 0.579. The van der Waals surface area contributed by atoms with Gasteiger partial charge in [-0.25, -0.2) is 9.48 Å². The predicted molar refractivity (Wildman–Crippen MR) is 100 cm³/mol. The maximum atomic E-state index is 12.3. The average molecular weight is 357 g/mol. The van der Waals surface area contributed by atoms with Gasteiger partial charge in [-0.15, -0.1) is 0 Å². The smallest absolute Gasteiger partial charge is 0.302 e. The van der Waals surface area contributed by atoms with Crippen molar-refractivity contribution in [3.8, 4) is 0 Å². The van der Waals surface area contributed by atoms with Crippen LogP contribution >= 0.6 is 0 Å². The molecule has 0 spiro atoms. The van der Waals surface area contributed by atoms with E-state index in [1.165, 1.54) is 4.57 Å². The SMILES string of the molecule is Cn1ccc(CN2CCCC2Cn2nc(C(C)(C)C)ccc2=O)nc1=O. The van der Waals surface area contributed by atoms with Gasteiger partial charge in [-0.2, -0.15) is 10.1 Å². The molecule has 0 bridgehead atoms. The number of aromatic nitrogens is 4. The Morgan fingerprint density at radius 2 is 1.96 bits per heavy atom. The minimum atomic E-state index is -0.242. The molecule has 26 heavy (non-hydrogen) atoms. The number of hydrogen-bond acceptors (Lipinski definition) is 5. The standard InChI is InChI=1S/C19H27N5O2/c1-19(2,3)16-7-8-17(25)24(21-16)13-15-6-5-10-23(15)12-14-9-11-22(4)18(26)20-14/h7-9,11,15H,5-6,10,12-13H2,1-4H3. The van der Waals surface area contributed by atoms with Gasteiger partial charge in [-0.1, -0.05) is 20.8 Å². The molecule has 2 aromatic rings. The quantitative estimate of drug-likeness (QED) is 0.825. The van der Waals surface area contributed by atoms with Gasteiger partial charge in [0.25, 0.3) is 5.56 Å². The predicted octanol–water partition coefficient (Wildman–Crippen LogP) is 1.30. The third-order valence-corrected chi connectivity index (χ3v) is 4.91. The molecule has 3 rings (SSSR count). The second-order valence-electron chi connectivity index (χ2n) is 8.07. The van der Waals surface area contributed by atoms with Crippen LogP contribution in [0.2, 0.25) is 0 Å². The lowest BCUT2D eigenvalue weighted by Gasteiger charge is -2.25. The molecule has 1 aliphatic heterocycles. The lowest BCUT2D eigenvalue weighted by molar-refractivity contribution is 0.213. The van der Waals surface area contributed by atoms with E-state index in [-0.39, 0.29) is 22.7 Å². The molecule has 1 fully saturated rings. The fourth-order valence-corrected chi connectivity index (χ4v) is 3.29. The van der Waals surface area contributed by atoms with E-state index in [2.05, 4.69) is 35.8 Å². The average Bonchev–Trinajstić information content (AvgIpc) is 2.99. The van der Waals surface area contributed by atoms with E-state index >= 15 is 0 Å². The summed E-state index contributed by atoms with van der Waals surface area (Å²) in [4.78, 5) is 30.4. The van der Waals surface area contributed by atoms with Gasteiger partial charge < -0.3 is 4.57 Å². The Hall–Kier alpha value is -2.28. The first-order chi connectivity index (χ1) is 12.2. The molecule has 1 atom stereocenters. The van der Waals surface area contributed by atoms with Gasteiger partial charge in [0.2, 0.25) is 0 Å². The van der Waals surface area contributed by atoms with Crippen molar-refractivity contribution in [1.82, 2.24) is 24.2 Å². The van der Waals surface area contributed by atoms with Crippen molar-refractivity contribution in [2.24, 2.45) is 7.05 Å². The van der Waals surface area contributed by atoms with E-state index in [4.69, 9.17) is 0 Å². The molecular formula is C19H27N5O2. The molecular weight excluding hydrogens is 330 g/mol. The Labute approximate surface area is 153 Å². The van der Waals surface area contributed by atoms with Crippen LogP contribution in [0.3, 0.4) is 0 Å². The molecule has 1 saturated heterocycles. The van der Waals surface area contributed by atoms with Gasteiger partial charge in [0.05, 0.1) is 17.9 Å². The maximum absolute atomic E-state index is 12.3. The summed E-state index contributed by atoms with van der Waals surface area (Å²) >= 11 is 0. The summed E-state index contributed by atoms with van der Waals surface area (Å²) in [7, 11) is 1.69. The summed E-state index contributed by atoms with van der Waals surface area (Å²) in [6.45, 7) is 8.39. The van der Waals surface area contributed by atoms with Crippen LogP contribution < -0.4 is 11.2 Å². The molecule has 0 aromatic carbocycles. The zero-order valence-electron chi connectivity index (χ0n) is 16.0. The van der Waals surface area contributed by atoms with Gasteiger partial charge in [0, 0.05) is 37.3 Å². The van der Waals surface area contributed by atoms with E-state index in [1.54, 1.807) is 24.0 Å². The zero-order valence-corrected chi connectivity index (χ0v) is 16.0. The second kappa shape index (κ2) is 7.15. The topological polar surface area (TPSA) is 73.0 Å². The van der Waals surface area contributed by atoms with Crippen LogP contribution in [0.15, 0.2) is 34.0 Å². The van der Waals surface area contributed by atoms with Crippen LogP contribution in [0.5, 0.6) is 0 Å². The van der Waals surface area contributed by atoms with E-state index in [9.17, 15) is 9.59 Å². The van der Waals surface area contributed by atoms with Crippen LogP contribution in [0.1, 0.15) is 45.0 Å². The Balaban J connectivity index is 1.78. The maximum Gasteiger partial charge on any atom is 0.347 e. The van der Waals surface area contributed by atoms with Crippen molar-refractivity contribution in [2.45, 2.75) is 58.2 Å². The number of hydrogen-bond donors (Lipinski definition) is 0. The lowest BCUT2D eigenvalue weighted by atomic mass is 9.92. The van der Waals surface area contributed by atoms with E-state index in [0.29, 0.717) is 13.1 Å². The largest absolute Gasteiger partial charge is 0.347 e. The van der Waals surface area contributed by atoms with Crippen LogP contribution in [-0.2, 0) is 25.6 Å². The van der Waals surface area contributed by atoms with Gasteiger partial charge in [-0.3, -0.25) is 9.69 Å². The highest BCUT2D eigenvalue weighted by Gasteiger charge is 2.26. The van der Waals surface area contributed by atoms with Crippen molar-refractivity contribution in [1.29, 1.82) is 0 Å². The molecule has 7 heteroatoms. The summed E-state index contributed by atoms with van der Waals surface area (Å²) in [5, 5.41) is 4.58. The summed E-state index contributed by atoms with van der Waals surface area (Å²) in [5.41, 5.74) is 1.27. The molecule has 3 heterocycles. The third-order valence-electron chi connectivity index (χ3n) is 4.91. The first kappa shape index (κ1) is 18.5. The van der Waals surface area contributed by atoms with E-state index < -0.39 is 0 Å². The number of rotatable bonds is 4. The van der Waals surface area contributed by atoms with Crippen molar-refractivity contribution >= 4 is 0 Å². The first-order valence-electron chi connectivity index (χ1n) is 9.09. The number of likely N-dealkylation sites (tertiary alicyclic amines) is 1. The summed E-state index contributed by atoms with van der Waals surface area (Å²) in [6.07, 6.45) is 3.83. The van der Waals surface area contributed by atoms with Crippen LogP contribution in [0.4, 0.5) is 0 Å². The molecule has 0 saturated carbocycles. The molecule has 1 aliphatic rings. The molecule has 0 amide bonds. The normalized spacial score (nSPS) is 18.4. The number of nitrogens with zero attached hydrogens (tertiary/aromatic N) is 5. The third kappa shape index (κ3) is 4.09. The Morgan fingerprint density at radius 3 is 2.65 bits per heavy atom. The minimum absolute atomic E-state index is 0.0726. The Bertz CT molecular complexity index is 894. The molecule has 0 N–H and O–H groups in total. The summed E-state index contributed by atoms with van der Waals surface area (Å²) in [6, 6.07) is 5.52. The summed E-state index contributed by atoms with van der Waals surface area (Å²) < 4.78 is 3.05. The van der Waals surface area contributed by atoms with Gasteiger partial charge in [0.15, 0.2) is 0 Å².